The summed E-state index contributed by atoms with van der Waals surface area (Å²) in [4.78, 5) is 11.2. The Kier molecular flexibility index (Phi) is 3.68. The van der Waals surface area contributed by atoms with Gasteiger partial charge in [0.05, 0.1) is 0 Å². The Bertz CT molecular complexity index is 266. The van der Waals surface area contributed by atoms with Gasteiger partial charge >= 0.3 is 0 Å². The van der Waals surface area contributed by atoms with Crippen LogP contribution in [0.25, 0.3) is 0 Å². The van der Waals surface area contributed by atoms with E-state index in [-0.39, 0.29) is 12.4 Å². The van der Waals surface area contributed by atoms with Crippen LogP contribution < -0.4 is 0 Å². The standard InChI is InChI=1S/C9H9IO2/c1-12-6-9(11)7-2-4-8(10)5-3-7/h2-5H,6H2,1H3. The number of hydrogen-bond donors (Lipinski definition) is 0. The second-order valence-corrected chi connectivity index (χ2v) is 3.61. The Morgan fingerprint density at radius 3 is 2.50 bits per heavy atom. The lowest BCUT2D eigenvalue weighted by molar-refractivity contribution is 0.0848. The summed E-state index contributed by atoms with van der Waals surface area (Å²) in [5.74, 6) is 0.0221. The lowest BCUT2D eigenvalue weighted by Crippen LogP contribution is -2.06. The van der Waals surface area contributed by atoms with E-state index in [0.29, 0.717) is 5.56 Å². The van der Waals surface area contributed by atoms with Crippen LogP contribution in [0, 0.1) is 3.57 Å². The monoisotopic (exact) mass is 276 g/mol. The van der Waals surface area contributed by atoms with Crippen LogP contribution in [0.15, 0.2) is 24.3 Å². The van der Waals surface area contributed by atoms with Gasteiger partial charge in [-0.1, -0.05) is 12.1 Å². The second kappa shape index (κ2) is 4.57. The van der Waals surface area contributed by atoms with Crippen molar-refractivity contribution in [1.29, 1.82) is 0 Å². The van der Waals surface area contributed by atoms with Gasteiger partial charge in [-0.15, -0.1) is 0 Å². The van der Waals surface area contributed by atoms with Gasteiger partial charge in [0, 0.05) is 16.2 Å². The molecule has 0 heterocycles. The molecule has 12 heavy (non-hydrogen) atoms. The molecule has 0 bridgehead atoms. The molecular weight excluding hydrogens is 267 g/mol. The van der Waals surface area contributed by atoms with E-state index in [1.165, 1.54) is 7.11 Å². The second-order valence-electron chi connectivity index (χ2n) is 2.36. The lowest BCUT2D eigenvalue weighted by atomic mass is 10.1. The highest BCUT2D eigenvalue weighted by molar-refractivity contribution is 14.1. The maximum Gasteiger partial charge on any atom is 0.188 e. The van der Waals surface area contributed by atoms with E-state index in [2.05, 4.69) is 22.6 Å². The van der Waals surface area contributed by atoms with Crippen molar-refractivity contribution >= 4 is 28.4 Å². The minimum Gasteiger partial charge on any atom is -0.377 e. The molecule has 0 aliphatic rings. The number of rotatable bonds is 3. The number of ether oxygens (including phenoxy) is 1. The number of benzene rings is 1. The van der Waals surface area contributed by atoms with Gasteiger partial charge in [-0.2, -0.15) is 0 Å². The van der Waals surface area contributed by atoms with E-state index in [4.69, 9.17) is 4.74 Å². The van der Waals surface area contributed by atoms with Crippen LogP contribution in [-0.4, -0.2) is 19.5 Å². The number of hydrogen-bond acceptors (Lipinski definition) is 2. The molecule has 3 heteroatoms. The van der Waals surface area contributed by atoms with Crippen molar-refractivity contribution in [2.75, 3.05) is 13.7 Å². The third-order valence-electron chi connectivity index (χ3n) is 1.44. The molecule has 0 amide bonds. The van der Waals surface area contributed by atoms with E-state index < -0.39 is 0 Å². The largest absolute Gasteiger partial charge is 0.377 e. The fourth-order valence-corrected chi connectivity index (χ4v) is 1.21. The van der Waals surface area contributed by atoms with Crippen molar-refractivity contribution in [2.24, 2.45) is 0 Å². The number of Topliss-reactive ketones (excluding diaryl/α,β-unsaturated/α-hetero) is 1. The van der Waals surface area contributed by atoms with Crippen LogP contribution in [0.5, 0.6) is 0 Å². The summed E-state index contributed by atoms with van der Waals surface area (Å²) in [5, 5.41) is 0. The topological polar surface area (TPSA) is 26.3 Å². The first-order chi connectivity index (χ1) is 5.74. The van der Waals surface area contributed by atoms with Gasteiger partial charge in [-0.25, -0.2) is 0 Å². The normalized spacial score (nSPS) is 9.83. The predicted octanol–water partition coefficient (Wildman–Crippen LogP) is 2.12. The molecule has 0 fully saturated rings. The third-order valence-corrected chi connectivity index (χ3v) is 2.16. The van der Waals surface area contributed by atoms with Crippen molar-refractivity contribution in [3.05, 3.63) is 33.4 Å². The molecule has 0 aromatic heterocycles. The zero-order chi connectivity index (χ0) is 8.97. The van der Waals surface area contributed by atoms with Crippen molar-refractivity contribution < 1.29 is 9.53 Å². The molecule has 0 radical (unpaired) electrons. The average molecular weight is 276 g/mol. The molecule has 0 atom stereocenters. The first kappa shape index (κ1) is 9.67. The van der Waals surface area contributed by atoms with Gasteiger partial charge in [0.25, 0.3) is 0 Å². The molecule has 1 aromatic carbocycles. The quantitative estimate of drug-likeness (QED) is 0.624. The molecule has 64 valence electrons. The van der Waals surface area contributed by atoms with Gasteiger partial charge in [0.15, 0.2) is 5.78 Å². The molecule has 0 aliphatic carbocycles. The first-order valence-corrected chi connectivity index (χ1v) is 4.59. The van der Waals surface area contributed by atoms with Crippen molar-refractivity contribution in [1.82, 2.24) is 0 Å². The summed E-state index contributed by atoms with van der Waals surface area (Å²) >= 11 is 2.20. The number of ketones is 1. The minimum atomic E-state index is 0.0221. The Morgan fingerprint density at radius 2 is 2.00 bits per heavy atom. The summed E-state index contributed by atoms with van der Waals surface area (Å²) in [6.07, 6.45) is 0. The van der Waals surface area contributed by atoms with Crippen LogP contribution in [0.1, 0.15) is 10.4 Å². The smallest absolute Gasteiger partial charge is 0.188 e. The Hall–Kier alpha value is -0.420. The fourth-order valence-electron chi connectivity index (χ4n) is 0.850. The average Bonchev–Trinajstić information content (AvgIpc) is 2.06. The molecule has 1 rings (SSSR count). The van der Waals surface area contributed by atoms with Crippen molar-refractivity contribution in [3.63, 3.8) is 0 Å². The summed E-state index contributed by atoms with van der Waals surface area (Å²) in [6, 6.07) is 7.43. The zero-order valence-corrected chi connectivity index (χ0v) is 8.87. The van der Waals surface area contributed by atoms with Crippen LogP contribution in [-0.2, 0) is 4.74 Å². The van der Waals surface area contributed by atoms with Crippen LogP contribution in [0.2, 0.25) is 0 Å². The molecule has 0 aliphatic heterocycles. The Morgan fingerprint density at radius 1 is 1.42 bits per heavy atom. The summed E-state index contributed by atoms with van der Waals surface area (Å²) < 4.78 is 5.86. The van der Waals surface area contributed by atoms with E-state index in [9.17, 15) is 4.79 Å². The highest BCUT2D eigenvalue weighted by Gasteiger charge is 2.03. The number of carbonyl (C=O) groups excluding carboxylic acids is 1. The summed E-state index contributed by atoms with van der Waals surface area (Å²) in [7, 11) is 1.52. The highest BCUT2D eigenvalue weighted by Crippen LogP contribution is 2.07. The van der Waals surface area contributed by atoms with Gasteiger partial charge in [0.2, 0.25) is 0 Å². The SMILES string of the molecule is COCC(=O)c1ccc(I)cc1. The molecule has 0 saturated heterocycles. The van der Waals surface area contributed by atoms with Crippen molar-refractivity contribution in [3.8, 4) is 0 Å². The number of halogens is 1. The zero-order valence-electron chi connectivity index (χ0n) is 6.71. The number of carbonyl (C=O) groups is 1. The van der Waals surface area contributed by atoms with E-state index in [1.807, 2.05) is 24.3 Å². The van der Waals surface area contributed by atoms with Gasteiger partial charge in [-0.05, 0) is 34.7 Å². The van der Waals surface area contributed by atoms with Gasteiger partial charge in [0.1, 0.15) is 6.61 Å². The Balaban J connectivity index is 2.75. The Labute approximate surface area is 85.1 Å². The predicted molar refractivity (Wildman–Crippen MR) is 55.4 cm³/mol. The maximum atomic E-state index is 11.2. The maximum absolute atomic E-state index is 11.2. The molecule has 0 saturated carbocycles. The summed E-state index contributed by atoms with van der Waals surface area (Å²) in [6.45, 7) is 0.153. The van der Waals surface area contributed by atoms with Gasteiger partial charge in [-0.3, -0.25) is 4.79 Å². The van der Waals surface area contributed by atoms with Crippen LogP contribution in [0.3, 0.4) is 0 Å². The highest BCUT2D eigenvalue weighted by atomic mass is 127. The van der Waals surface area contributed by atoms with Gasteiger partial charge < -0.3 is 4.74 Å². The minimum absolute atomic E-state index is 0.0221. The molecule has 0 spiro atoms. The van der Waals surface area contributed by atoms with E-state index in [0.717, 1.165) is 3.57 Å². The van der Waals surface area contributed by atoms with Crippen molar-refractivity contribution in [2.45, 2.75) is 0 Å². The fraction of sp³-hybridized carbons (Fsp3) is 0.222. The van der Waals surface area contributed by atoms with E-state index in [1.54, 1.807) is 0 Å². The third kappa shape index (κ3) is 2.57. The summed E-state index contributed by atoms with van der Waals surface area (Å²) in [5.41, 5.74) is 0.706. The first-order valence-electron chi connectivity index (χ1n) is 3.51. The molecule has 2 nitrogen and oxygen atoms in total. The molecular formula is C9H9IO2. The molecule has 0 N–H and O–H groups in total. The van der Waals surface area contributed by atoms with Crippen LogP contribution >= 0.6 is 22.6 Å². The molecule has 1 aromatic rings. The number of methoxy groups -OCH3 is 1. The van der Waals surface area contributed by atoms with Crippen LogP contribution in [0.4, 0.5) is 0 Å². The molecule has 0 unspecified atom stereocenters. The lowest BCUT2D eigenvalue weighted by Gasteiger charge is -1.98. The van der Waals surface area contributed by atoms with E-state index >= 15 is 0 Å².